The molecule has 0 aliphatic heterocycles. The van der Waals surface area contributed by atoms with Crippen molar-refractivity contribution in [3.63, 3.8) is 0 Å². The molecular weight excluding hydrogens is 186 g/mol. The molecule has 2 rings (SSSR count). The second-order valence-electron chi connectivity index (χ2n) is 4.57. The molecule has 0 unspecified atom stereocenters. The fourth-order valence-corrected chi connectivity index (χ4v) is 2.49. The van der Waals surface area contributed by atoms with Crippen molar-refractivity contribution in [2.24, 2.45) is 5.92 Å². The van der Waals surface area contributed by atoms with Crippen molar-refractivity contribution in [1.29, 1.82) is 0 Å². The Labute approximate surface area is 91.9 Å². The average Bonchev–Trinajstić information content (AvgIpc) is 2.68. The van der Waals surface area contributed by atoms with Gasteiger partial charge in [0.15, 0.2) is 0 Å². The molecule has 0 spiro atoms. The zero-order valence-corrected chi connectivity index (χ0v) is 9.58. The number of imidazole rings is 1. The lowest BCUT2D eigenvalue weighted by molar-refractivity contribution is 0.316. The second kappa shape index (κ2) is 5.31. The van der Waals surface area contributed by atoms with Gasteiger partial charge in [0.1, 0.15) is 0 Å². The van der Waals surface area contributed by atoms with Gasteiger partial charge in [-0.15, -0.1) is 0 Å². The SMILES string of the molecule is CNCc1cncn1CC1CCCCC1. The molecule has 0 atom stereocenters. The summed E-state index contributed by atoms with van der Waals surface area (Å²) in [5.74, 6) is 0.878. The maximum atomic E-state index is 4.23. The molecule has 0 aromatic carbocycles. The first-order valence-corrected chi connectivity index (χ1v) is 6.03. The monoisotopic (exact) mass is 207 g/mol. The molecule has 1 N–H and O–H groups in total. The van der Waals surface area contributed by atoms with E-state index in [1.54, 1.807) is 0 Å². The molecule has 1 heterocycles. The normalized spacial score (nSPS) is 18.2. The Balaban J connectivity index is 1.93. The highest BCUT2D eigenvalue weighted by atomic mass is 15.1. The molecule has 1 aliphatic carbocycles. The van der Waals surface area contributed by atoms with Crippen LogP contribution in [0.2, 0.25) is 0 Å². The molecular formula is C12H21N3. The van der Waals surface area contributed by atoms with Gasteiger partial charge >= 0.3 is 0 Å². The van der Waals surface area contributed by atoms with Crippen molar-refractivity contribution in [1.82, 2.24) is 14.9 Å². The number of hydrogen-bond donors (Lipinski definition) is 1. The van der Waals surface area contributed by atoms with E-state index in [1.807, 2.05) is 19.6 Å². The predicted octanol–water partition coefficient (Wildman–Crippen LogP) is 2.18. The summed E-state index contributed by atoms with van der Waals surface area (Å²) >= 11 is 0. The van der Waals surface area contributed by atoms with Crippen molar-refractivity contribution in [3.8, 4) is 0 Å². The van der Waals surface area contributed by atoms with Gasteiger partial charge in [-0.1, -0.05) is 19.3 Å². The summed E-state index contributed by atoms with van der Waals surface area (Å²) in [6.45, 7) is 2.09. The number of hydrogen-bond acceptors (Lipinski definition) is 2. The topological polar surface area (TPSA) is 29.9 Å². The van der Waals surface area contributed by atoms with E-state index >= 15 is 0 Å². The van der Waals surface area contributed by atoms with E-state index in [0.717, 1.165) is 19.0 Å². The first-order chi connectivity index (χ1) is 7.40. The summed E-state index contributed by atoms with van der Waals surface area (Å²) in [5, 5.41) is 3.19. The van der Waals surface area contributed by atoms with Crippen molar-refractivity contribution < 1.29 is 0 Å². The first-order valence-electron chi connectivity index (χ1n) is 6.03. The van der Waals surface area contributed by atoms with Crippen LogP contribution in [0.1, 0.15) is 37.8 Å². The molecule has 1 aromatic heterocycles. The highest BCUT2D eigenvalue weighted by Gasteiger charge is 2.14. The van der Waals surface area contributed by atoms with E-state index in [2.05, 4.69) is 14.9 Å². The minimum Gasteiger partial charge on any atom is -0.333 e. The third-order valence-electron chi connectivity index (χ3n) is 3.34. The van der Waals surface area contributed by atoms with E-state index in [4.69, 9.17) is 0 Å². The lowest BCUT2D eigenvalue weighted by Gasteiger charge is -2.22. The highest BCUT2D eigenvalue weighted by molar-refractivity contribution is 4.98. The Hall–Kier alpha value is -0.830. The third-order valence-corrected chi connectivity index (χ3v) is 3.34. The van der Waals surface area contributed by atoms with Gasteiger partial charge in [0.05, 0.1) is 12.0 Å². The van der Waals surface area contributed by atoms with Crippen molar-refractivity contribution in [2.75, 3.05) is 7.05 Å². The molecule has 0 radical (unpaired) electrons. The Morgan fingerprint density at radius 2 is 2.20 bits per heavy atom. The molecule has 1 aromatic rings. The molecule has 0 amide bonds. The quantitative estimate of drug-likeness (QED) is 0.820. The van der Waals surface area contributed by atoms with Crippen molar-refractivity contribution in [3.05, 3.63) is 18.2 Å². The summed E-state index contributed by atoms with van der Waals surface area (Å²) < 4.78 is 2.31. The molecule has 1 fully saturated rings. The molecule has 84 valence electrons. The van der Waals surface area contributed by atoms with E-state index in [1.165, 1.54) is 37.8 Å². The molecule has 15 heavy (non-hydrogen) atoms. The van der Waals surface area contributed by atoms with E-state index in [0.29, 0.717) is 0 Å². The first kappa shape index (κ1) is 10.7. The molecule has 0 saturated heterocycles. The van der Waals surface area contributed by atoms with Crippen LogP contribution < -0.4 is 5.32 Å². The van der Waals surface area contributed by atoms with Crippen LogP contribution in [-0.4, -0.2) is 16.6 Å². The molecule has 1 saturated carbocycles. The van der Waals surface area contributed by atoms with Crippen LogP contribution in [0.5, 0.6) is 0 Å². The largest absolute Gasteiger partial charge is 0.333 e. The fourth-order valence-electron chi connectivity index (χ4n) is 2.49. The van der Waals surface area contributed by atoms with Gasteiger partial charge < -0.3 is 9.88 Å². The van der Waals surface area contributed by atoms with Crippen molar-refractivity contribution in [2.45, 2.75) is 45.2 Å². The Morgan fingerprint density at radius 1 is 1.40 bits per heavy atom. The summed E-state index contributed by atoms with van der Waals surface area (Å²) in [6, 6.07) is 0. The maximum Gasteiger partial charge on any atom is 0.0948 e. The standard InChI is InChI=1S/C12H21N3/c1-13-7-12-8-14-10-15(12)9-11-5-3-2-4-6-11/h8,10-11,13H,2-7,9H2,1H3. The van der Waals surface area contributed by atoms with Gasteiger partial charge in [-0.05, 0) is 25.8 Å². The third kappa shape index (κ3) is 2.81. The van der Waals surface area contributed by atoms with Gasteiger partial charge in [-0.3, -0.25) is 0 Å². The van der Waals surface area contributed by atoms with Crippen LogP contribution in [0.3, 0.4) is 0 Å². The molecule has 3 nitrogen and oxygen atoms in total. The Bertz CT molecular complexity index is 287. The average molecular weight is 207 g/mol. The summed E-state index contributed by atoms with van der Waals surface area (Å²) in [5.41, 5.74) is 1.31. The van der Waals surface area contributed by atoms with E-state index < -0.39 is 0 Å². The van der Waals surface area contributed by atoms with Gasteiger partial charge in [0.2, 0.25) is 0 Å². The smallest absolute Gasteiger partial charge is 0.0948 e. The molecule has 1 aliphatic rings. The molecule has 3 heteroatoms. The van der Waals surface area contributed by atoms with Crippen LogP contribution in [0, 0.1) is 5.92 Å². The lowest BCUT2D eigenvalue weighted by atomic mass is 9.89. The lowest BCUT2D eigenvalue weighted by Crippen LogP contribution is -2.17. The summed E-state index contributed by atoms with van der Waals surface area (Å²) in [4.78, 5) is 4.23. The second-order valence-corrected chi connectivity index (χ2v) is 4.57. The van der Waals surface area contributed by atoms with Crippen LogP contribution in [0.15, 0.2) is 12.5 Å². The number of rotatable bonds is 4. The van der Waals surface area contributed by atoms with Crippen LogP contribution in [0.25, 0.3) is 0 Å². The van der Waals surface area contributed by atoms with Gasteiger partial charge in [-0.25, -0.2) is 4.98 Å². The number of nitrogens with one attached hydrogen (secondary N) is 1. The van der Waals surface area contributed by atoms with Gasteiger partial charge in [0.25, 0.3) is 0 Å². The minimum atomic E-state index is 0.878. The Morgan fingerprint density at radius 3 is 2.93 bits per heavy atom. The van der Waals surface area contributed by atoms with Crippen LogP contribution in [0.4, 0.5) is 0 Å². The summed E-state index contributed by atoms with van der Waals surface area (Å²) in [6.07, 6.45) is 11.0. The molecule has 0 bridgehead atoms. The van der Waals surface area contributed by atoms with Gasteiger partial charge in [0, 0.05) is 19.3 Å². The zero-order chi connectivity index (χ0) is 10.5. The van der Waals surface area contributed by atoms with Crippen LogP contribution >= 0.6 is 0 Å². The highest BCUT2D eigenvalue weighted by Crippen LogP contribution is 2.25. The fraction of sp³-hybridized carbons (Fsp3) is 0.750. The zero-order valence-electron chi connectivity index (χ0n) is 9.58. The predicted molar refractivity (Wildman–Crippen MR) is 61.6 cm³/mol. The number of aromatic nitrogens is 2. The Kier molecular flexibility index (Phi) is 3.78. The van der Waals surface area contributed by atoms with Gasteiger partial charge in [-0.2, -0.15) is 0 Å². The summed E-state index contributed by atoms with van der Waals surface area (Å²) in [7, 11) is 1.98. The van der Waals surface area contributed by atoms with Crippen LogP contribution in [-0.2, 0) is 13.1 Å². The number of nitrogens with zero attached hydrogens (tertiary/aromatic N) is 2. The maximum absolute atomic E-state index is 4.23. The minimum absolute atomic E-state index is 0.878. The van der Waals surface area contributed by atoms with Crippen molar-refractivity contribution >= 4 is 0 Å². The van der Waals surface area contributed by atoms with E-state index in [-0.39, 0.29) is 0 Å². The van der Waals surface area contributed by atoms with E-state index in [9.17, 15) is 0 Å².